The van der Waals surface area contributed by atoms with Crippen LogP contribution in [-0.2, 0) is 17.1 Å². The molecule has 0 atom stereocenters. The number of fused-ring (bicyclic) bond motifs is 1. The molecule has 2 aromatic rings. The van der Waals surface area contributed by atoms with Gasteiger partial charge in [0.15, 0.2) is 0 Å². The van der Waals surface area contributed by atoms with Crippen LogP contribution in [0.15, 0.2) is 12.1 Å². The Labute approximate surface area is 169 Å². The van der Waals surface area contributed by atoms with E-state index < -0.39 is 21.8 Å². The highest BCUT2D eigenvalue weighted by Crippen LogP contribution is 2.40. The zero-order valence-electron chi connectivity index (χ0n) is 16.7. The first kappa shape index (κ1) is 21.5. The molecular weight excluding hydrogens is 401 g/mol. The molecule has 1 aliphatic rings. The molecule has 2 N–H and O–H groups in total. The van der Waals surface area contributed by atoms with E-state index in [1.165, 1.54) is 13.2 Å². The second-order valence-corrected chi connectivity index (χ2v) is 9.22. The predicted molar refractivity (Wildman–Crippen MR) is 108 cm³/mol. The quantitative estimate of drug-likeness (QED) is 0.698. The molecule has 0 saturated carbocycles. The number of ether oxygens (including phenoxy) is 1. The Hall–Kier alpha value is -2.17. The third-order valence-corrected chi connectivity index (χ3v) is 6.22. The van der Waals surface area contributed by atoms with E-state index in [0.717, 1.165) is 6.26 Å². The molecule has 0 bridgehead atoms. The van der Waals surface area contributed by atoms with E-state index in [1.807, 2.05) is 0 Å². The summed E-state index contributed by atoms with van der Waals surface area (Å²) in [4.78, 5) is 14.0. The van der Waals surface area contributed by atoms with Gasteiger partial charge in [-0.3, -0.25) is 0 Å². The molecule has 0 aliphatic carbocycles. The molecule has 0 spiro atoms. The first-order valence-electron chi connectivity index (χ1n) is 9.39. The van der Waals surface area contributed by atoms with Gasteiger partial charge in [-0.25, -0.2) is 22.3 Å². The molecule has 0 amide bonds. The Morgan fingerprint density at radius 1 is 1.34 bits per heavy atom. The molecule has 10 heteroatoms. The van der Waals surface area contributed by atoms with Crippen molar-refractivity contribution in [2.75, 3.05) is 39.5 Å². The van der Waals surface area contributed by atoms with Gasteiger partial charge >= 0.3 is 5.97 Å². The molecule has 0 unspecified atom stereocenters. The number of carboxylic acids is 1. The van der Waals surface area contributed by atoms with E-state index in [9.17, 15) is 22.7 Å². The summed E-state index contributed by atoms with van der Waals surface area (Å²) in [7, 11) is -0.118. The fourth-order valence-corrected chi connectivity index (χ4v) is 4.64. The number of nitrogens with one attached hydrogen (secondary N) is 1. The van der Waals surface area contributed by atoms with Gasteiger partial charge in [-0.15, -0.1) is 0 Å². The molecule has 1 saturated heterocycles. The number of hydrogen-bond donors (Lipinski definition) is 2. The summed E-state index contributed by atoms with van der Waals surface area (Å²) < 4.78 is 46.6. The second-order valence-electron chi connectivity index (χ2n) is 7.39. The number of halogens is 1. The number of hydrogen-bond acceptors (Lipinski definition) is 5. The van der Waals surface area contributed by atoms with Gasteiger partial charge in [0.1, 0.15) is 11.4 Å². The van der Waals surface area contributed by atoms with E-state index in [2.05, 4.69) is 9.62 Å². The minimum atomic E-state index is -3.22. The maximum atomic E-state index is 14.9. The highest BCUT2D eigenvalue weighted by molar-refractivity contribution is 7.88. The zero-order chi connectivity index (χ0) is 21.3. The highest BCUT2D eigenvalue weighted by atomic mass is 32.2. The molecule has 29 heavy (non-hydrogen) atoms. The maximum Gasteiger partial charge on any atom is 0.341 e. The molecule has 160 valence electrons. The summed E-state index contributed by atoms with van der Waals surface area (Å²) in [5, 5.41) is 10.1. The maximum absolute atomic E-state index is 14.9. The molecule has 1 aromatic carbocycles. The summed E-state index contributed by atoms with van der Waals surface area (Å²) in [6.45, 7) is 2.26. The number of nitrogens with zero attached hydrogens (tertiary/aromatic N) is 2. The first-order valence-corrected chi connectivity index (χ1v) is 11.3. The van der Waals surface area contributed by atoms with E-state index in [-0.39, 0.29) is 17.4 Å². The van der Waals surface area contributed by atoms with Gasteiger partial charge in [0.25, 0.3) is 0 Å². The SMILES string of the molecule is COc1c(C(=O)O)c2c(C3CCN(CCNS(C)(=O)=O)CC3)c(F)ccc2n1C. The van der Waals surface area contributed by atoms with Crippen LogP contribution in [0.4, 0.5) is 4.39 Å². The van der Waals surface area contributed by atoms with Gasteiger partial charge in [0.2, 0.25) is 15.9 Å². The summed E-state index contributed by atoms with van der Waals surface area (Å²) in [5.41, 5.74) is 1.03. The molecule has 0 radical (unpaired) electrons. The van der Waals surface area contributed by atoms with Crippen LogP contribution in [0.25, 0.3) is 10.9 Å². The topological polar surface area (TPSA) is 101 Å². The monoisotopic (exact) mass is 427 g/mol. The lowest BCUT2D eigenvalue weighted by molar-refractivity contribution is 0.0694. The van der Waals surface area contributed by atoms with Gasteiger partial charge in [0, 0.05) is 31.1 Å². The number of sulfonamides is 1. The Kier molecular flexibility index (Phi) is 6.16. The van der Waals surface area contributed by atoms with Gasteiger partial charge in [-0.2, -0.15) is 0 Å². The number of methoxy groups -OCH3 is 1. The lowest BCUT2D eigenvalue weighted by Crippen LogP contribution is -2.39. The number of likely N-dealkylation sites (tertiary alicyclic amines) is 1. The van der Waals surface area contributed by atoms with Crippen molar-refractivity contribution in [2.24, 2.45) is 7.05 Å². The lowest BCUT2D eigenvalue weighted by Gasteiger charge is -2.32. The van der Waals surface area contributed by atoms with Crippen LogP contribution in [0.1, 0.15) is 34.7 Å². The van der Waals surface area contributed by atoms with Crippen molar-refractivity contribution in [3.05, 3.63) is 29.1 Å². The normalized spacial score (nSPS) is 16.4. The highest BCUT2D eigenvalue weighted by Gasteiger charge is 2.30. The number of piperidine rings is 1. The van der Waals surface area contributed by atoms with Crippen molar-refractivity contribution < 1.29 is 27.4 Å². The van der Waals surface area contributed by atoms with Crippen molar-refractivity contribution >= 4 is 26.9 Å². The zero-order valence-corrected chi connectivity index (χ0v) is 17.6. The number of aromatic carboxylic acids is 1. The molecule has 1 aliphatic heterocycles. The standard InChI is InChI=1S/C19H26FN3O5S/c1-22-14-5-4-13(20)15(16(14)17(19(24)25)18(22)28-2)12-6-9-23(10-7-12)11-8-21-29(3,26)27/h4-5,12,21H,6-11H2,1-3H3,(H,24,25). The molecule has 1 fully saturated rings. The van der Waals surface area contributed by atoms with Crippen molar-refractivity contribution in [1.29, 1.82) is 0 Å². The van der Waals surface area contributed by atoms with Crippen LogP contribution in [0.5, 0.6) is 5.88 Å². The largest absolute Gasteiger partial charge is 0.482 e. The van der Waals surface area contributed by atoms with Gasteiger partial charge in [0.05, 0.1) is 18.9 Å². The predicted octanol–water partition coefficient (Wildman–Crippen LogP) is 1.75. The van der Waals surface area contributed by atoms with E-state index in [4.69, 9.17) is 4.74 Å². The average molecular weight is 427 g/mol. The van der Waals surface area contributed by atoms with Crippen molar-refractivity contribution in [3.8, 4) is 5.88 Å². The van der Waals surface area contributed by atoms with E-state index in [0.29, 0.717) is 55.5 Å². The molecule has 8 nitrogen and oxygen atoms in total. The minimum absolute atomic E-state index is 0.0146. The molecule has 1 aromatic heterocycles. The molecule has 2 heterocycles. The first-order chi connectivity index (χ1) is 13.6. The number of carbonyl (C=O) groups is 1. The summed E-state index contributed by atoms with van der Waals surface area (Å²) in [5.74, 6) is -1.49. The number of carboxylic acid groups (broad SMARTS) is 1. The van der Waals surface area contributed by atoms with Crippen molar-refractivity contribution in [3.63, 3.8) is 0 Å². The Morgan fingerprint density at radius 2 is 2.00 bits per heavy atom. The summed E-state index contributed by atoms with van der Waals surface area (Å²) >= 11 is 0. The van der Waals surface area contributed by atoms with Gasteiger partial charge in [-0.1, -0.05) is 0 Å². The summed E-state index contributed by atoms with van der Waals surface area (Å²) in [6, 6.07) is 2.96. The molecular formula is C19H26FN3O5S. The third kappa shape index (κ3) is 4.39. The second kappa shape index (κ2) is 8.29. The van der Waals surface area contributed by atoms with Crippen molar-refractivity contribution in [2.45, 2.75) is 18.8 Å². The number of benzene rings is 1. The number of rotatable bonds is 7. The van der Waals surface area contributed by atoms with Crippen LogP contribution in [0.2, 0.25) is 0 Å². The van der Waals surface area contributed by atoms with E-state index >= 15 is 0 Å². The Morgan fingerprint density at radius 3 is 2.55 bits per heavy atom. The van der Waals surface area contributed by atoms with Gasteiger partial charge in [-0.05, 0) is 44.0 Å². The fraction of sp³-hybridized carbons (Fsp3) is 0.526. The Bertz CT molecular complexity index is 1030. The molecule has 3 rings (SSSR count). The minimum Gasteiger partial charge on any atom is -0.482 e. The van der Waals surface area contributed by atoms with Crippen LogP contribution in [-0.4, -0.2) is 68.5 Å². The Balaban J connectivity index is 1.87. The van der Waals surface area contributed by atoms with Crippen LogP contribution in [0, 0.1) is 5.82 Å². The van der Waals surface area contributed by atoms with Gasteiger partial charge < -0.3 is 19.3 Å². The van der Waals surface area contributed by atoms with E-state index in [1.54, 1.807) is 17.7 Å². The fourth-order valence-electron chi connectivity index (χ4n) is 4.18. The summed E-state index contributed by atoms with van der Waals surface area (Å²) in [6.07, 6.45) is 2.44. The number of aryl methyl sites for hydroxylation is 1. The average Bonchev–Trinajstić information content (AvgIpc) is 2.93. The lowest BCUT2D eigenvalue weighted by atomic mass is 9.86. The number of aromatic nitrogens is 1. The van der Waals surface area contributed by atoms with Crippen molar-refractivity contribution in [1.82, 2.24) is 14.2 Å². The smallest absolute Gasteiger partial charge is 0.341 e. The third-order valence-electron chi connectivity index (χ3n) is 5.50. The van der Waals surface area contributed by atoms with Crippen LogP contribution >= 0.6 is 0 Å². The van der Waals surface area contributed by atoms with Crippen LogP contribution < -0.4 is 9.46 Å². The van der Waals surface area contributed by atoms with Crippen LogP contribution in [0.3, 0.4) is 0 Å².